The molecule has 3 N–H and O–H groups in total. The fraction of sp³-hybridized carbons (Fsp3) is 0.300. The second-order valence-electron chi connectivity index (χ2n) is 5.68. The number of amides is 3. The Kier molecular flexibility index (Phi) is 10.00. The third kappa shape index (κ3) is 8.71. The monoisotopic (exact) mass is 375 g/mol. The minimum atomic E-state index is -0.801. The highest BCUT2D eigenvalue weighted by Gasteiger charge is 2.19. The van der Waals surface area contributed by atoms with Crippen molar-refractivity contribution in [2.75, 3.05) is 26.2 Å². The molecule has 6 nitrogen and oxygen atoms in total. The molecule has 0 aromatic heterocycles. The molecule has 1 aliphatic heterocycles. The number of nitrogens with one attached hydrogen (secondary N) is 1. The fourth-order valence-electron chi connectivity index (χ4n) is 2.37. The largest absolute Gasteiger partial charge is 0.450 e. The zero-order valence-corrected chi connectivity index (χ0v) is 15.3. The molecule has 0 unspecified atom stereocenters. The summed E-state index contributed by atoms with van der Waals surface area (Å²) in [6.07, 6.45) is 4.09. The van der Waals surface area contributed by atoms with Crippen molar-refractivity contribution >= 4 is 12.1 Å². The van der Waals surface area contributed by atoms with Crippen LogP contribution in [0.3, 0.4) is 0 Å². The summed E-state index contributed by atoms with van der Waals surface area (Å²) in [5.74, 6) is -0.178. The van der Waals surface area contributed by atoms with Crippen LogP contribution in [0.1, 0.15) is 12.8 Å². The SMILES string of the molecule is C=CC1=C(C=C)CN(C(=O)NCCCOC(N)=O)CC1.Fc1ccccc1. The maximum Gasteiger partial charge on any atom is 0.404 e. The Bertz CT molecular complexity index is 674. The summed E-state index contributed by atoms with van der Waals surface area (Å²) in [6.45, 7) is 9.34. The third-order valence-corrected chi connectivity index (χ3v) is 3.78. The number of nitrogens with zero attached hydrogens (tertiary/aromatic N) is 1. The van der Waals surface area contributed by atoms with Gasteiger partial charge in [-0.05, 0) is 36.1 Å². The van der Waals surface area contributed by atoms with Gasteiger partial charge in [0.05, 0.1) is 6.61 Å². The topological polar surface area (TPSA) is 84.7 Å². The third-order valence-electron chi connectivity index (χ3n) is 3.78. The van der Waals surface area contributed by atoms with Crippen LogP contribution in [0.5, 0.6) is 0 Å². The Labute approximate surface area is 159 Å². The standard InChI is InChI=1S/C14H21N3O3.C6H5F/c1-3-11-6-8-17(10-12(11)4-2)14(19)16-7-5-9-20-13(15)18;7-6-4-2-1-3-5-6/h3-4H,1-2,5-10H2,(H2,15,18)(H,16,19);1-5H. The number of hydrogen-bond acceptors (Lipinski definition) is 3. The minimum absolute atomic E-state index is 0.133. The number of halogens is 1. The van der Waals surface area contributed by atoms with Gasteiger partial charge in [0.25, 0.3) is 0 Å². The summed E-state index contributed by atoms with van der Waals surface area (Å²) >= 11 is 0. The quantitative estimate of drug-likeness (QED) is 0.748. The van der Waals surface area contributed by atoms with Crippen molar-refractivity contribution in [2.45, 2.75) is 12.8 Å². The number of nitrogens with two attached hydrogens (primary N) is 1. The summed E-state index contributed by atoms with van der Waals surface area (Å²) in [7, 11) is 0. The molecule has 27 heavy (non-hydrogen) atoms. The van der Waals surface area contributed by atoms with Gasteiger partial charge >= 0.3 is 12.1 Å². The molecular formula is C20H26FN3O3. The second-order valence-corrected chi connectivity index (χ2v) is 5.68. The molecule has 2 rings (SSSR count). The fourth-order valence-corrected chi connectivity index (χ4v) is 2.37. The van der Waals surface area contributed by atoms with E-state index >= 15 is 0 Å². The van der Waals surface area contributed by atoms with Crippen LogP contribution in [0.15, 0.2) is 66.8 Å². The number of carbonyl (C=O) groups is 2. The Morgan fingerprint density at radius 1 is 1.22 bits per heavy atom. The molecule has 0 bridgehead atoms. The first kappa shape index (κ1) is 22.0. The van der Waals surface area contributed by atoms with Crippen LogP contribution in [0.25, 0.3) is 0 Å². The van der Waals surface area contributed by atoms with Crippen LogP contribution in [0.4, 0.5) is 14.0 Å². The van der Waals surface area contributed by atoms with Crippen molar-refractivity contribution in [3.63, 3.8) is 0 Å². The molecule has 0 spiro atoms. The van der Waals surface area contributed by atoms with E-state index in [1.54, 1.807) is 29.2 Å². The molecule has 3 amide bonds. The minimum Gasteiger partial charge on any atom is -0.450 e. The zero-order chi connectivity index (χ0) is 20.1. The van der Waals surface area contributed by atoms with E-state index in [0.717, 1.165) is 17.6 Å². The number of ether oxygens (including phenoxy) is 1. The second kappa shape index (κ2) is 12.3. The van der Waals surface area contributed by atoms with Crippen LogP contribution < -0.4 is 11.1 Å². The molecule has 0 saturated carbocycles. The summed E-state index contributed by atoms with van der Waals surface area (Å²) in [5, 5.41) is 2.78. The first-order valence-corrected chi connectivity index (χ1v) is 8.60. The lowest BCUT2D eigenvalue weighted by molar-refractivity contribution is 0.155. The van der Waals surface area contributed by atoms with Crippen LogP contribution in [-0.2, 0) is 4.74 Å². The highest BCUT2D eigenvalue weighted by molar-refractivity contribution is 5.75. The maximum atomic E-state index is 12.0. The molecule has 0 atom stereocenters. The molecule has 0 radical (unpaired) electrons. The zero-order valence-electron chi connectivity index (χ0n) is 15.3. The highest BCUT2D eigenvalue weighted by atomic mass is 19.1. The summed E-state index contributed by atoms with van der Waals surface area (Å²) < 4.78 is 16.5. The maximum absolute atomic E-state index is 12.0. The van der Waals surface area contributed by atoms with E-state index in [9.17, 15) is 14.0 Å². The predicted molar refractivity (Wildman–Crippen MR) is 104 cm³/mol. The first-order valence-electron chi connectivity index (χ1n) is 8.60. The van der Waals surface area contributed by atoms with Gasteiger partial charge in [-0.3, -0.25) is 0 Å². The average Bonchev–Trinajstić information content (AvgIpc) is 2.67. The van der Waals surface area contributed by atoms with Gasteiger partial charge in [0, 0.05) is 19.6 Å². The molecule has 1 aromatic rings. The lowest BCUT2D eigenvalue weighted by atomic mass is 10.0. The van der Waals surface area contributed by atoms with E-state index in [2.05, 4.69) is 23.2 Å². The molecule has 7 heteroatoms. The molecule has 0 fully saturated rings. The van der Waals surface area contributed by atoms with Gasteiger partial charge in [0.2, 0.25) is 0 Å². The molecule has 0 aliphatic carbocycles. The Morgan fingerprint density at radius 2 is 1.89 bits per heavy atom. The van der Waals surface area contributed by atoms with Crippen molar-refractivity contribution in [1.82, 2.24) is 10.2 Å². The predicted octanol–water partition coefficient (Wildman–Crippen LogP) is 3.38. The van der Waals surface area contributed by atoms with Crippen LogP contribution >= 0.6 is 0 Å². The van der Waals surface area contributed by atoms with Crippen LogP contribution in [-0.4, -0.2) is 43.3 Å². The average molecular weight is 375 g/mol. The van der Waals surface area contributed by atoms with Crippen molar-refractivity contribution in [2.24, 2.45) is 5.73 Å². The van der Waals surface area contributed by atoms with Crippen LogP contribution in [0, 0.1) is 5.82 Å². The Balaban J connectivity index is 0.000000433. The van der Waals surface area contributed by atoms with Crippen molar-refractivity contribution in [3.8, 4) is 0 Å². The summed E-state index contributed by atoms with van der Waals surface area (Å²) in [6, 6.07) is 7.81. The summed E-state index contributed by atoms with van der Waals surface area (Å²) in [5.41, 5.74) is 6.99. The van der Waals surface area contributed by atoms with Gasteiger partial charge in [-0.2, -0.15) is 0 Å². The molecule has 1 aliphatic rings. The number of hydrogen-bond donors (Lipinski definition) is 2. The van der Waals surface area contributed by atoms with Gasteiger partial charge in [-0.25, -0.2) is 14.0 Å². The van der Waals surface area contributed by atoms with E-state index in [0.29, 0.717) is 26.1 Å². The number of rotatable bonds is 6. The number of urea groups is 1. The van der Waals surface area contributed by atoms with E-state index in [-0.39, 0.29) is 18.5 Å². The van der Waals surface area contributed by atoms with Gasteiger partial charge in [0.15, 0.2) is 0 Å². The van der Waals surface area contributed by atoms with E-state index in [4.69, 9.17) is 5.73 Å². The molecule has 1 heterocycles. The number of primary amides is 1. The van der Waals surface area contributed by atoms with E-state index < -0.39 is 6.09 Å². The molecular weight excluding hydrogens is 349 g/mol. The van der Waals surface area contributed by atoms with Crippen molar-refractivity contribution in [1.29, 1.82) is 0 Å². The van der Waals surface area contributed by atoms with E-state index in [1.165, 1.54) is 12.1 Å². The molecule has 146 valence electrons. The molecule has 1 aromatic carbocycles. The van der Waals surface area contributed by atoms with Gasteiger partial charge in [0.1, 0.15) is 5.82 Å². The first-order chi connectivity index (χ1) is 13.0. The Morgan fingerprint density at radius 3 is 2.41 bits per heavy atom. The number of benzene rings is 1. The van der Waals surface area contributed by atoms with Crippen LogP contribution in [0.2, 0.25) is 0 Å². The lowest BCUT2D eigenvalue weighted by Gasteiger charge is -2.29. The Hall–Kier alpha value is -3.09. The summed E-state index contributed by atoms with van der Waals surface area (Å²) in [4.78, 5) is 24.0. The van der Waals surface area contributed by atoms with E-state index in [1.807, 2.05) is 6.08 Å². The van der Waals surface area contributed by atoms with Gasteiger partial charge in [-0.15, -0.1) is 0 Å². The molecule has 0 saturated heterocycles. The van der Waals surface area contributed by atoms with Gasteiger partial charge in [-0.1, -0.05) is 43.5 Å². The number of allylic oxidation sites excluding steroid dienone is 1. The smallest absolute Gasteiger partial charge is 0.404 e. The highest BCUT2D eigenvalue weighted by Crippen LogP contribution is 2.19. The number of carbonyl (C=O) groups excluding carboxylic acids is 2. The van der Waals surface area contributed by atoms with Crippen molar-refractivity contribution in [3.05, 3.63) is 72.6 Å². The van der Waals surface area contributed by atoms with Gasteiger partial charge < -0.3 is 20.7 Å². The lowest BCUT2D eigenvalue weighted by Crippen LogP contribution is -2.43. The van der Waals surface area contributed by atoms with Crippen molar-refractivity contribution < 1.29 is 18.7 Å². The normalized spacial score (nSPS) is 13.1.